The van der Waals surface area contributed by atoms with Crippen LogP contribution in [0.1, 0.15) is 51.3 Å². The predicted octanol–water partition coefficient (Wildman–Crippen LogP) is 5.72. The molecule has 0 spiro atoms. The Labute approximate surface area is 245 Å². The van der Waals surface area contributed by atoms with Gasteiger partial charge in [0, 0.05) is 35.2 Å². The van der Waals surface area contributed by atoms with Gasteiger partial charge < -0.3 is 15.5 Å². The van der Waals surface area contributed by atoms with Gasteiger partial charge in [-0.1, -0.05) is 25.4 Å². The standard InChI is InChI=1S/C27H25ClF5N7O3/c1-12(41)24(2,3)10-14-11-43-23(35-14)25(4)17-19(34)36-21(37-20(17)38-22(25)42)18-15-6-5-13(28)9-16(15)40(39-18)8-7-26(29,30)27(31,32)33/h5-6,9,11H,7-8,10H2,1-4H3,(H3,34,36,37,38,42). The number of halogens is 6. The molecule has 1 unspecified atom stereocenters. The molecule has 3 N–H and O–H groups in total. The van der Waals surface area contributed by atoms with Crippen molar-refractivity contribution in [3.63, 3.8) is 0 Å². The molecule has 16 heteroatoms. The van der Waals surface area contributed by atoms with E-state index in [1.165, 1.54) is 38.3 Å². The number of fused-ring (bicyclic) bond motifs is 2. The Hall–Kier alpha value is -4.14. The van der Waals surface area contributed by atoms with Crippen molar-refractivity contribution in [1.29, 1.82) is 0 Å². The number of rotatable bonds is 8. The van der Waals surface area contributed by atoms with Gasteiger partial charge in [0.2, 0.25) is 11.8 Å². The van der Waals surface area contributed by atoms with Gasteiger partial charge in [-0.3, -0.25) is 14.3 Å². The highest BCUT2D eigenvalue weighted by Crippen LogP contribution is 2.45. The van der Waals surface area contributed by atoms with Gasteiger partial charge in [-0.15, -0.1) is 0 Å². The number of nitrogen functional groups attached to an aromatic ring is 1. The Morgan fingerprint density at radius 3 is 2.51 bits per heavy atom. The van der Waals surface area contributed by atoms with Gasteiger partial charge in [-0.25, -0.2) is 15.0 Å². The average molecular weight is 626 g/mol. The number of anilines is 2. The summed E-state index contributed by atoms with van der Waals surface area (Å²) in [6, 6.07) is 4.33. The van der Waals surface area contributed by atoms with Crippen molar-refractivity contribution in [2.75, 3.05) is 11.1 Å². The van der Waals surface area contributed by atoms with Gasteiger partial charge in [0.1, 0.15) is 29.4 Å². The van der Waals surface area contributed by atoms with Gasteiger partial charge in [-0.2, -0.15) is 27.1 Å². The maximum Gasteiger partial charge on any atom is 0.453 e. The number of nitrogens with zero attached hydrogens (tertiary/aromatic N) is 5. The second-order valence-electron chi connectivity index (χ2n) is 11.2. The summed E-state index contributed by atoms with van der Waals surface area (Å²) < 4.78 is 72.4. The number of carbonyl (C=O) groups excluding carboxylic acids is 2. The van der Waals surface area contributed by atoms with E-state index < -0.39 is 41.8 Å². The van der Waals surface area contributed by atoms with Crippen molar-refractivity contribution < 1.29 is 36.0 Å². The SMILES string of the molecule is CC(=O)C(C)(C)Cc1coc(C2(C)C(=O)Nc3nc(-c4nn(CCC(F)(F)C(F)(F)F)c5cc(Cl)ccc45)nc(N)c32)n1. The number of benzene rings is 1. The van der Waals surface area contributed by atoms with E-state index >= 15 is 0 Å². The van der Waals surface area contributed by atoms with E-state index in [0.29, 0.717) is 11.1 Å². The van der Waals surface area contributed by atoms with Gasteiger partial charge in [-0.05, 0) is 32.0 Å². The molecule has 0 bridgehead atoms. The van der Waals surface area contributed by atoms with Crippen molar-refractivity contribution in [3.8, 4) is 11.5 Å². The first-order chi connectivity index (χ1) is 19.8. The molecule has 4 aromatic rings. The van der Waals surface area contributed by atoms with Crippen LogP contribution in [0, 0.1) is 5.41 Å². The van der Waals surface area contributed by atoms with E-state index in [-0.39, 0.29) is 57.4 Å². The topological polar surface area (TPSA) is 142 Å². The Balaban J connectivity index is 1.55. The fourth-order valence-electron chi connectivity index (χ4n) is 4.78. The summed E-state index contributed by atoms with van der Waals surface area (Å²) in [4.78, 5) is 38.4. The van der Waals surface area contributed by atoms with Crippen LogP contribution >= 0.6 is 11.6 Å². The lowest BCUT2D eigenvalue weighted by atomic mass is 9.83. The number of oxazole rings is 1. The summed E-state index contributed by atoms with van der Waals surface area (Å²) in [5, 5.41) is 7.35. The molecule has 1 amide bonds. The highest BCUT2D eigenvalue weighted by molar-refractivity contribution is 6.31. The Morgan fingerprint density at radius 2 is 1.86 bits per heavy atom. The summed E-state index contributed by atoms with van der Waals surface area (Å²) in [5.74, 6) is -5.83. The van der Waals surface area contributed by atoms with Crippen molar-refractivity contribution >= 4 is 45.8 Å². The maximum atomic E-state index is 13.7. The van der Waals surface area contributed by atoms with Gasteiger partial charge >= 0.3 is 12.1 Å². The third-order valence-corrected chi connectivity index (χ3v) is 7.89. The van der Waals surface area contributed by atoms with E-state index in [1.54, 1.807) is 13.8 Å². The first-order valence-corrected chi connectivity index (χ1v) is 13.3. The molecule has 10 nitrogen and oxygen atoms in total. The largest absolute Gasteiger partial charge is 0.453 e. The van der Waals surface area contributed by atoms with Crippen molar-refractivity contribution in [2.24, 2.45) is 5.41 Å². The fourth-order valence-corrected chi connectivity index (χ4v) is 4.95. The van der Waals surface area contributed by atoms with Crippen LogP contribution in [0.3, 0.4) is 0 Å². The fraction of sp³-hybridized carbons (Fsp3) is 0.407. The van der Waals surface area contributed by atoms with Gasteiger partial charge in [0.05, 0.1) is 16.8 Å². The number of ketones is 1. The minimum absolute atomic E-state index is 0.00360. The number of nitrogens with two attached hydrogens (primary N) is 1. The Bertz CT molecular complexity index is 1780. The Kier molecular flexibility index (Phi) is 7.02. The molecule has 0 saturated heterocycles. The van der Waals surface area contributed by atoms with Gasteiger partial charge in [0.25, 0.3) is 0 Å². The summed E-state index contributed by atoms with van der Waals surface area (Å²) >= 11 is 6.07. The molecule has 1 aromatic carbocycles. The molecular formula is C27H25ClF5N7O3. The summed E-state index contributed by atoms with van der Waals surface area (Å²) in [6.45, 7) is 5.71. The smallest absolute Gasteiger partial charge is 0.447 e. The molecule has 4 heterocycles. The third kappa shape index (κ3) is 5.08. The monoisotopic (exact) mass is 625 g/mol. The molecule has 0 fully saturated rings. The molecular weight excluding hydrogens is 601 g/mol. The molecule has 3 aromatic heterocycles. The highest BCUT2D eigenvalue weighted by Gasteiger charge is 2.57. The second-order valence-corrected chi connectivity index (χ2v) is 11.6. The van der Waals surface area contributed by atoms with Gasteiger partial charge in [0.15, 0.2) is 11.2 Å². The van der Waals surface area contributed by atoms with Crippen LogP contribution in [0.2, 0.25) is 5.02 Å². The molecule has 0 radical (unpaired) electrons. The maximum absolute atomic E-state index is 13.7. The molecule has 1 atom stereocenters. The number of nitrogens with one attached hydrogen (secondary N) is 1. The average Bonchev–Trinajstić information content (AvgIpc) is 3.57. The summed E-state index contributed by atoms with van der Waals surface area (Å²) in [6.07, 6.45) is -5.68. The predicted molar refractivity (Wildman–Crippen MR) is 146 cm³/mol. The number of amides is 1. The van der Waals surface area contributed by atoms with E-state index in [0.717, 1.165) is 4.68 Å². The second kappa shape index (κ2) is 9.96. The number of carbonyl (C=O) groups is 2. The summed E-state index contributed by atoms with van der Waals surface area (Å²) in [5.41, 5.74) is 4.86. The van der Waals surface area contributed by atoms with Crippen molar-refractivity contribution in [3.05, 3.63) is 46.6 Å². The molecule has 5 rings (SSSR count). The molecule has 43 heavy (non-hydrogen) atoms. The lowest BCUT2D eigenvalue weighted by molar-refractivity contribution is -0.285. The number of hydrogen-bond donors (Lipinski definition) is 2. The minimum Gasteiger partial charge on any atom is -0.447 e. The number of aryl methyl sites for hydroxylation is 1. The zero-order chi connectivity index (χ0) is 31.7. The molecule has 0 aliphatic carbocycles. The zero-order valence-electron chi connectivity index (χ0n) is 23.2. The number of alkyl halides is 5. The third-order valence-electron chi connectivity index (χ3n) is 7.66. The lowest BCUT2D eigenvalue weighted by Gasteiger charge is -2.20. The quantitative estimate of drug-likeness (QED) is 0.237. The minimum atomic E-state index is -5.73. The Morgan fingerprint density at radius 1 is 1.16 bits per heavy atom. The number of Topliss-reactive ketones (excluding diaryl/α,β-unsaturated/α-hetero) is 1. The first kappa shape index (κ1) is 30.3. The van der Waals surface area contributed by atoms with Crippen LogP contribution in [0.5, 0.6) is 0 Å². The van der Waals surface area contributed by atoms with Crippen LogP contribution in [0.25, 0.3) is 22.4 Å². The van der Waals surface area contributed by atoms with Crippen LogP contribution < -0.4 is 11.1 Å². The van der Waals surface area contributed by atoms with Crippen LogP contribution in [-0.2, 0) is 28.0 Å². The van der Waals surface area contributed by atoms with E-state index in [2.05, 4.69) is 25.4 Å². The van der Waals surface area contributed by atoms with Crippen LogP contribution in [0.15, 0.2) is 28.9 Å². The van der Waals surface area contributed by atoms with E-state index in [4.69, 9.17) is 21.8 Å². The number of aromatic nitrogens is 5. The molecule has 228 valence electrons. The van der Waals surface area contributed by atoms with Crippen LogP contribution in [-0.4, -0.2) is 48.5 Å². The zero-order valence-corrected chi connectivity index (χ0v) is 24.0. The lowest BCUT2D eigenvalue weighted by Crippen LogP contribution is -2.37. The van der Waals surface area contributed by atoms with Crippen LogP contribution in [0.4, 0.5) is 33.6 Å². The van der Waals surface area contributed by atoms with E-state index in [1.807, 2.05) is 0 Å². The highest BCUT2D eigenvalue weighted by atomic mass is 35.5. The van der Waals surface area contributed by atoms with Crippen molar-refractivity contribution in [1.82, 2.24) is 24.7 Å². The van der Waals surface area contributed by atoms with Crippen molar-refractivity contribution in [2.45, 2.75) is 64.6 Å². The van der Waals surface area contributed by atoms with E-state index in [9.17, 15) is 31.5 Å². The first-order valence-electron chi connectivity index (χ1n) is 12.9. The number of hydrogen-bond acceptors (Lipinski definition) is 8. The molecule has 1 aliphatic heterocycles. The molecule has 1 aliphatic rings. The summed E-state index contributed by atoms with van der Waals surface area (Å²) in [7, 11) is 0. The molecule has 0 saturated carbocycles. The normalized spacial score (nSPS) is 17.4.